The van der Waals surface area contributed by atoms with Gasteiger partial charge in [-0.05, 0) is 25.5 Å². The fourth-order valence-electron chi connectivity index (χ4n) is 2.24. The summed E-state index contributed by atoms with van der Waals surface area (Å²) < 4.78 is 5.07. The molecular weight excluding hydrogens is 238 g/mol. The van der Waals surface area contributed by atoms with Gasteiger partial charge in [-0.15, -0.1) is 0 Å². The first kappa shape index (κ1) is 13.6. The molecule has 0 aliphatic heterocycles. The Morgan fingerprint density at radius 3 is 2.47 bits per heavy atom. The van der Waals surface area contributed by atoms with Crippen LogP contribution in [0.1, 0.15) is 28.5 Å². The van der Waals surface area contributed by atoms with Crippen molar-refractivity contribution in [2.45, 2.75) is 26.4 Å². The first-order chi connectivity index (χ1) is 9.08. The first-order valence-corrected chi connectivity index (χ1v) is 6.34. The summed E-state index contributed by atoms with van der Waals surface area (Å²) in [5, 5.41) is 10.3. The Morgan fingerprint density at radius 2 is 1.84 bits per heavy atom. The normalized spacial score (nSPS) is 12.2. The van der Waals surface area contributed by atoms with E-state index in [1.54, 1.807) is 13.2 Å². The first-order valence-electron chi connectivity index (χ1n) is 6.34. The van der Waals surface area contributed by atoms with Crippen molar-refractivity contribution in [2.24, 2.45) is 0 Å². The van der Waals surface area contributed by atoms with Gasteiger partial charge in [-0.1, -0.05) is 35.4 Å². The second-order valence-electron chi connectivity index (χ2n) is 4.82. The Labute approximate surface area is 113 Å². The molecule has 0 spiro atoms. The summed E-state index contributed by atoms with van der Waals surface area (Å²) >= 11 is 0. The zero-order valence-corrected chi connectivity index (χ0v) is 11.6. The molecule has 0 aliphatic rings. The predicted octanol–water partition coefficient (Wildman–Crippen LogP) is 2.98. The number of benzene rings is 1. The highest BCUT2D eigenvalue weighted by Crippen LogP contribution is 2.20. The number of aliphatic hydroxyl groups is 1. The Kier molecular flexibility index (Phi) is 4.17. The molecule has 2 rings (SSSR count). The van der Waals surface area contributed by atoms with Crippen molar-refractivity contribution >= 4 is 0 Å². The second-order valence-corrected chi connectivity index (χ2v) is 4.82. The quantitative estimate of drug-likeness (QED) is 0.915. The Balaban J connectivity index is 2.17. The summed E-state index contributed by atoms with van der Waals surface area (Å²) in [6.45, 7) is 4.12. The van der Waals surface area contributed by atoms with E-state index < -0.39 is 6.10 Å². The lowest BCUT2D eigenvalue weighted by Gasteiger charge is -2.12. The van der Waals surface area contributed by atoms with E-state index in [1.165, 1.54) is 11.1 Å². The molecule has 0 radical (unpaired) electrons. The third-order valence-electron chi connectivity index (χ3n) is 3.01. The van der Waals surface area contributed by atoms with Gasteiger partial charge in [-0.25, -0.2) is 4.98 Å². The van der Waals surface area contributed by atoms with Gasteiger partial charge in [0, 0.05) is 12.5 Å². The molecule has 2 aromatic rings. The van der Waals surface area contributed by atoms with E-state index in [9.17, 15) is 5.11 Å². The Hall–Kier alpha value is -1.87. The summed E-state index contributed by atoms with van der Waals surface area (Å²) in [5.74, 6) is 0.525. The van der Waals surface area contributed by atoms with Crippen LogP contribution >= 0.6 is 0 Å². The lowest BCUT2D eigenvalue weighted by atomic mass is 10.0. The van der Waals surface area contributed by atoms with Gasteiger partial charge in [0.25, 0.3) is 0 Å². The monoisotopic (exact) mass is 257 g/mol. The average molecular weight is 257 g/mol. The predicted molar refractivity (Wildman–Crippen MR) is 75.4 cm³/mol. The van der Waals surface area contributed by atoms with Crippen LogP contribution in [0.15, 0.2) is 36.4 Å². The molecule has 0 amide bonds. The van der Waals surface area contributed by atoms with Crippen LogP contribution in [0.3, 0.4) is 0 Å². The molecule has 1 heterocycles. The van der Waals surface area contributed by atoms with Crippen LogP contribution in [0, 0.1) is 13.8 Å². The smallest absolute Gasteiger partial charge is 0.213 e. The number of rotatable bonds is 4. The third-order valence-corrected chi connectivity index (χ3v) is 3.01. The molecular formula is C16H19NO2. The molecule has 19 heavy (non-hydrogen) atoms. The molecule has 3 nitrogen and oxygen atoms in total. The Bertz CT molecular complexity index is 546. The minimum Gasteiger partial charge on any atom is -0.481 e. The average Bonchev–Trinajstić information content (AvgIpc) is 2.37. The highest BCUT2D eigenvalue weighted by Gasteiger charge is 2.11. The fourth-order valence-corrected chi connectivity index (χ4v) is 2.24. The summed E-state index contributed by atoms with van der Waals surface area (Å²) in [6, 6.07) is 11.7. The highest BCUT2D eigenvalue weighted by molar-refractivity contribution is 5.30. The lowest BCUT2D eigenvalue weighted by molar-refractivity contribution is 0.172. The second kappa shape index (κ2) is 5.85. The number of aliphatic hydroxyl groups excluding tert-OH is 1. The number of hydrogen-bond donors (Lipinski definition) is 1. The minimum absolute atomic E-state index is 0.525. The lowest BCUT2D eigenvalue weighted by Crippen LogP contribution is -2.05. The maximum absolute atomic E-state index is 10.3. The van der Waals surface area contributed by atoms with Gasteiger partial charge in [-0.2, -0.15) is 0 Å². The van der Waals surface area contributed by atoms with Crippen LogP contribution in [0.5, 0.6) is 5.88 Å². The fraction of sp³-hybridized carbons (Fsp3) is 0.312. The molecule has 0 aliphatic carbocycles. The molecule has 1 atom stereocenters. The van der Waals surface area contributed by atoms with Crippen molar-refractivity contribution in [3.63, 3.8) is 0 Å². The molecule has 0 fully saturated rings. The molecule has 100 valence electrons. The van der Waals surface area contributed by atoms with E-state index >= 15 is 0 Å². The number of methoxy groups -OCH3 is 1. The number of aromatic nitrogens is 1. The van der Waals surface area contributed by atoms with Gasteiger partial charge in [0.1, 0.15) is 6.10 Å². The van der Waals surface area contributed by atoms with Crippen molar-refractivity contribution in [3.8, 4) is 5.88 Å². The summed E-state index contributed by atoms with van der Waals surface area (Å²) in [7, 11) is 1.57. The number of pyridine rings is 1. The maximum atomic E-state index is 10.3. The number of hydrogen-bond acceptors (Lipinski definition) is 3. The van der Waals surface area contributed by atoms with Crippen LogP contribution in [-0.4, -0.2) is 17.2 Å². The zero-order valence-electron chi connectivity index (χ0n) is 11.6. The van der Waals surface area contributed by atoms with Gasteiger partial charge in [0.15, 0.2) is 0 Å². The van der Waals surface area contributed by atoms with E-state index in [1.807, 2.05) is 12.1 Å². The number of nitrogens with zero attached hydrogens (tertiary/aromatic N) is 1. The topological polar surface area (TPSA) is 42.4 Å². The standard InChI is InChI=1S/C16H19NO2/c1-11-7-12(2)9-13(8-11)10-15(18)14-5-4-6-16(17-14)19-3/h4-9,15,18H,10H2,1-3H3. The molecule has 1 aromatic carbocycles. The summed E-state index contributed by atoms with van der Waals surface area (Å²) in [6.07, 6.45) is -0.0563. The summed E-state index contributed by atoms with van der Waals surface area (Å²) in [5.41, 5.74) is 4.18. The van der Waals surface area contributed by atoms with Gasteiger partial charge >= 0.3 is 0 Å². The molecule has 0 saturated carbocycles. The van der Waals surface area contributed by atoms with E-state index in [2.05, 4.69) is 37.0 Å². The van der Waals surface area contributed by atoms with Gasteiger partial charge in [0.05, 0.1) is 12.8 Å². The van der Waals surface area contributed by atoms with Crippen molar-refractivity contribution in [1.29, 1.82) is 0 Å². The molecule has 1 aromatic heterocycles. The van der Waals surface area contributed by atoms with E-state index in [4.69, 9.17) is 4.74 Å². The largest absolute Gasteiger partial charge is 0.481 e. The minimum atomic E-state index is -0.615. The van der Waals surface area contributed by atoms with Crippen LogP contribution < -0.4 is 4.74 Å². The third kappa shape index (κ3) is 3.55. The van der Waals surface area contributed by atoms with Gasteiger partial charge in [-0.3, -0.25) is 0 Å². The van der Waals surface area contributed by atoms with Gasteiger partial charge < -0.3 is 9.84 Å². The van der Waals surface area contributed by atoms with E-state index in [0.29, 0.717) is 18.0 Å². The van der Waals surface area contributed by atoms with E-state index in [-0.39, 0.29) is 0 Å². The molecule has 3 heteroatoms. The van der Waals surface area contributed by atoms with Crippen molar-refractivity contribution in [3.05, 3.63) is 58.8 Å². The molecule has 0 saturated heterocycles. The van der Waals surface area contributed by atoms with Crippen molar-refractivity contribution < 1.29 is 9.84 Å². The molecule has 0 bridgehead atoms. The van der Waals surface area contributed by atoms with Crippen LogP contribution in [0.2, 0.25) is 0 Å². The zero-order chi connectivity index (χ0) is 13.8. The SMILES string of the molecule is COc1cccc(C(O)Cc2cc(C)cc(C)c2)n1. The molecule has 1 unspecified atom stereocenters. The van der Waals surface area contributed by atoms with Crippen molar-refractivity contribution in [2.75, 3.05) is 7.11 Å². The maximum Gasteiger partial charge on any atom is 0.213 e. The van der Waals surface area contributed by atoms with E-state index in [0.717, 1.165) is 5.56 Å². The van der Waals surface area contributed by atoms with Crippen LogP contribution in [0.4, 0.5) is 0 Å². The summed E-state index contributed by atoms with van der Waals surface area (Å²) in [4.78, 5) is 4.26. The highest BCUT2D eigenvalue weighted by atomic mass is 16.5. The van der Waals surface area contributed by atoms with Crippen LogP contribution in [-0.2, 0) is 6.42 Å². The Morgan fingerprint density at radius 1 is 1.16 bits per heavy atom. The van der Waals surface area contributed by atoms with Crippen molar-refractivity contribution in [1.82, 2.24) is 4.98 Å². The van der Waals surface area contributed by atoms with Gasteiger partial charge in [0.2, 0.25) is 5.88 Å². The number of ether oxygens (including phenoxy) is 1. The van der Waals surface area contributed by atoms with Crippen LogP contribution in [0.25, 0.3) is 0 Å². The molecule has 1 N–H and O–H groups in total. The number of aryl methyl sites for hydroxylation is 2.